The van der Waals surface area contributed by atoms with Crippen molar-refractivity contribution in [2.45, 2.75) is 13.8 Å². The number of ether oxygens (including phenoxy) is 1. The molecule has 26 heavy (non-hydrogen) atoms. The molecular formula is C23H20F2O. The van der Waals surface area contributed by atoms with Crippen LogP contribution in [-0.2, 0) is 0 Å². The van der Waals surface area contributed by atoms with Gasteiger partial charge in [0.15, 0.2) is 11.7 Å². The van der Waals surface area contributed by atoms with E-state index in [2.05, 4.69) is 0 Å². The fourth-order valence-corrected chi connectivity index (χ4v) is 2.67. The van der Waals surface area contributed by atoms with Crippen molar-refractivity contribution in [1.29, 1.82) is 0 Å². The van der Waals surface area contributed by atoms with Crippen LogP contribution in [-0.4, -0.2) is 6.61 Å². The highest BCUT2D eigenvalue weighted by Crippen LogP contribution is 2.31. The van der Waals surface area contributed by atoms with Gasteiger partial charge in [0.2, 0.25) is 0 Å². The van der Waals surface area contributed by atoms with Gasteiger partial charge in [-0.15, -0.1) is 0 Å². The molecule has 0 heterocycles. The molecule has 0 unspecified atom stereocenters. The first kappa shape index (κ1) is 17.9. The van der Waals surface area contributed by atoms with Crippen LogP contribution in [0.4, 0.5) is 8.78 Å². The van der Waals surface area contributed by atoms with Crippen molar-refractivity contribution >= 4 is 11.7 Å². The van der Waals surface area contributed by atoms with Gasteiger partial charge in [-0.05, 0) is 49.2 Å². The highest BCUT2D eigenvalue weighted by molar-refractivity contribution is 5.83. The molecule has 0 aliphatic heterocycles. The lowest BCUT2D eigenvalue weighted by Crippen LogP contribution is -1.91. The van der Waals surface area contributed by atoms with E-state index in [9.17, 15) is 8.78 Å². The van der Waals surface area contributed by atoms with Crippen molar-refractivity contribution in [3.05, 3.63) is 89.5 Å². The third kappa shape index (κ3) is 3.99. The van der Waals surface area contributed by atoms with Crippen LogP contribution in [0.3, 0.4) is 0 Å². The van der Waals surface area contributed by atoms with E-state index in [1.54, 1.807) is 36.4 Å². The summed E-state index contributed by atoms with van der Waals surface area (Å²) in [5.74, 6) is -1.12. The average molecular weight is 350 g/mol. The zero-order chi connectivity index (χ0) is 18.5. The Kier molecular flexibility index (Phi) is 5.47. The van der Waals surface area contributed by atoms with Crippen molar-refractivity contribution in [2.24, 2.45) is 0 Å². The maximum atomic E-state index is 14.5. The van der Waals surface area contributed by atoms with Crippen LogP contribution in [0.5, 0.6) is 5.75 Å². The van der Waals surface area contributed by atoms with Crippen LogP contribution in [0.25, 0.3) is 22.8 Å². The number of aryl methyl sites for hydroxylation is 1. The van der Waals surface area contributed by atoms with E-state index in [-0.39, 0.29) is 11.1 Å². The van der Waals surface area contributed by atoms with E-state index < -0.39 is 11.7 Å². The number of halogens is 2. The summed E-state index contributed by atoms with van der Waals surface area (Å²) < 4.78 is 34.3. The molecule has 0 spiro atoms. The highest BCUT2D eigenvalue weighted by atomic mass is 19.2. The summed E-state index contributed by atoms with van der Waals surface area (Å²) in [6.45, 7) is 4.42. The quantitative estimate of drug-likeness (QED) is 0.458. The molecule has 3 heteroatoms. The molecule has 0 fully saturated rings. The molecule has 3 aromatic rings. The number of rotatable bonds is 5. The van der Waals surface area contributed by atoms with E-state index in [1.165, 1.54) is 17.7 Å². The van der Waals surface area contributed by atoms with Crippen LogP contribution in [0.15, 0.2) is 72.8 Å². The fraction of sp³-hybridized carbons (Fsp3) is 0.130. The summed E-state index contributed by atoms with van der Waals surface area (Å²) in [6.07, 6.45) is 0. The third-order valence-electron chi connectivity index (χ3n) is 4.13. The SMILES string of the molecule is CCOc1ccc(/C(F)=C(\F)c2ccc(-c3ccc(C)cc3)cc2)cc1. The van der Waals surface area contributed by atoms with Crippen LogP contribution in [0.1, 0.15) is 23.6 Å². The van der Waals surface area contributed by atoms with E-state index in [1.807, 2.05) is 38.1 Å². The molecule has 0 aliphatic rings. The molecule has 0 bridgehead atoms. The molecular weight excluding hydrogens is 330 g/mol. The first-order chi connectivity index (χ1) is 12.6. The van der Waals surface area contributed by atoms with E-state index in [0.29, 0.717) is 12.4 Å². The molecule has 132 valence electrons. The number of hydrogen-bond donors (Lipinski definition) is 0. The van der Waals surface area contributed by atoms with Crippen LogP contribution in [0.2, 0.25) is 0 Å². The first-order valence-corrected chi connectivity index (χ1v) is 8.54. The second-order valence-electron chi connectivity index (χ2n) is 6.03. The fourth-order valence-electron chi connectivity index (χ4n) is 2.67. The molecule has 0 amide bonds. The Hall–Kier alpha value is -2.94. The summed E-state index contributed by atoms with van der Waals surface area (Å²) in [4.78, 5) is 0. The van der Waals surface area contributed by atoms with Gasteiger partial charge in [-0.1, -0.05) is 54.1 Å². The van der Waals surface area contributed by atoms with E-state index >= 15 is 0 Å². The molecule has 0 aliphatic carbocycles. The Morgan fingerprint density at radius 1 is 0.692 bits per heavy atom. The normalized spacial score (nSPS) is 11.8. The van der Waals surface area contributed by atoms with Crippen LogP contribution >= 0.6 is 0 Å². The minimum absolute atomic E-state index is 0.188. The van der Waals surface area contributed by atoms with Crippen molar-refractivity contribution in [2.75, 3.05) is 6.61 Å². The minimum Gasteiger partial charge on any atom is -0.494 e. The Bertz CT molecular complexity index is 892. The zero-order valence-electron chi connectivity index (χ0n) is 14.8. The molecule has 1 nitrogen and oxygen atoms in total. The van der Waals surface area contributed by atoms with Gasteiger partial charge in [-0.25, -0.2) is 8.78 Å². The van der Waals surface area contributed by atoms with E-state index in [4.69, 9.17) is 4.74 Å². The van der Waals surface area contributed by atoms with Gasteiger partial charge < -0.3 is 4.74 Å². The Morgan fingerprint density at radius 2 is 1.12 bits per heavy atom. The standard InChI is InChI=1S/C23H20F2O/c1-3-26-21-14-12-20(13-15-21)23(25)22(24)19-10-8-18(9-11-19)17-6-4-16(2)5-7-17/h4-15H,3H2,1-2H3/b23-22+. The van der Waals surface area contributed by atoms with Gasteiger partial charge >= 0.3 is 0 Å². The highest BCUT2D eigenvalue weighted by Gasteiger charge is 2.12. The van der Waals surface area contributed by atoms with Gasteiger partial charge in [0.1, 0.15) is 5.75 Å². The Labute approximate surface area is 152 Å². The van der Waals surface area contributed by atoms with Crippen molar-refractivity contribution < 1.29 is 13.5 Å². The molecule has 3 rings (SSSR count). The molecule has 0 atom stereocenters. The lowest BCUT2D eigenvalue weighted by molar-refractivity contribution is 0.340. The summed E-state index contributed by atoms with van der Waals surface area (Å²) in [7, 11) is 0. The maximum absolute atomic E-state index is 14.5. The van der Waals surface area contributed by atoms with Gasteiger partial charge in [0, 0.05) is 11.1 Å². The Balaban J connectivity index is 1.85. The molecule has 0 N–H and O–H groups in total. The van der Waals surface area contributed by atoms with Gasteiger partial charge in [-0.3, -0.25) is 0 Å². The van der Waals surface area contributed by atoms with Gasteiger partial charge in [0.05, 0.1) is 6.61 Å². The van der Waals surface area contributed by atoms with Crippen molar-refractivity contribution in [1.82, 2.24) is 0 Å². The monoisotopic (exact) mass is 350 g/mol. The topological polar surface area (TPSA) is 9.23 Å². The lowest BCUT2D eigenvalue weighted by atomic mass is 10.0. The number of benzene rings is 3. The average Bonchev–Trinajstić information content (AvgIpc) is 2.68. The summed E-state index contributed by atoms with van der Waals surface area (Å²) in [5, 5.41) is 0. The van der Waals surface area contributed by atoms with Gasteiger partial charge in [-0.2, -0.15) is 0 Å². The maximum Gasteiger partial charge on any atom is 0.166 e. The largest absolute Gasteiger partial charge is 0.494 e. The molecule has 0 aromatic heterocycles. The molecule has 0 saturated carbocycles. The zero-order valence-corrected chi connectivity index (χ0v) is 14.8. The lowest BCUT2D eigenvalue weighted by Gasteiger charge is -2.06. The van der Waals surface area contributed by atoms with Crippen molar-refractivity contribution in [3.63, 3.8) is 0 Å². The molecule has 3 aromatic carbocycles. The smallest absolute Gasteiger partial charge is 0.166 e. The first-order valence-electron chi connectivity index (χ1n) is 8.54. The summed E-state index contributed by atoms with van der Waals surface area (Å²) in [6, 6.07) is 21.1. The van der Waals surface area contributed by atoms with Crippen LogP contribution in [0, 0.1) is 6.92 Å². The van der Waals surface area contributed by atoms with Gasteiger partial charge in [0.25, 0.3) is 0 Å². The Morgan fingerprint density at radius 3 is 1.58 bits per heavy atom. The second-order valence-corrected chi connectivity index (χ2v) is 6.03. The predicted octanol–water partition coefficient (Wildman–Crippen LogP) is 6.83. The predicted molar refractivity (Wildman–Crippen MR) is 103 cm³/mol. The minimum atomic E-state index is -0.879. The van der Waals surface area contributed by atoms with Crippen molar-refractivity contribution in [3.8, 4) is 16.9 Å². The second kappa shape index (κ2) is 7.96. The van der Waals surface area contributed by atoms with E-state index in [0.717, 1.165) is 11.1 Å². The third-order valence-corrected chi connectivity index (χ3v) is 4.13. The molecule has 0 radical (unpaired) electrons. The summed E-state index contributed by atoms with van der Waals surface area (Å²) in [5.41, 5.74) is 3.58. The van der Waals surface area contributed by atoms with Crippen LogP contribution < -0.4 is 4.74 Å². The summed E-state index contributed by atoms with van der Waals surface area (Å²) >= 11 is 0. The molecule has 0 saturated heterocycles. The number of hydrogen-bond acceptors (Lipinski definition) is 1.